The first-order valence-corrected chi connectivity index (χ1v) is 9.33. The first kappa shape index (κ1) is 18.0. The molecule has 140 valence electrons. The van der Waals surface area contributed by atoms with Crippen molar-refractivity contribution in [3.63, 3.8) is 0 Å². The zero-order chi connectivity index (χ0) is 19.8. The van der Waals surface area contributed by atoms with Crippen molar-refractivity contribution in [1.82, 2.24) is 9.13 Å². The van der Waals surface area contributed by atoms with Gasteiger partial charge in [-0.1, -0.05) is 48.0 Å². The van der Waals surface area contributed by atoms with E-state index in [9.17, 15) is 9.59 Å². The van der Waals surface area contributed by atoms with Crippen LogP contribution in [0.2, 0.25) is 0 Å². The van der Waals surface area contributed by atoms with Gasteiger partial charge in [-0.3, -0.25) is 9.36 Å². The van der Waals surface area contributed by atoms with Crippen LogP contribution >= 0.6 is 0 Å². The van der Waals surface area contributed by atoms with Gasteiger partial charge >= 0.3 is 5.69 Å². The second-order valence-electron chi connectivity index (χ2n) is 7.28. The standard InChI is InChI=1S/C24H22N2O2/c1-16-8-11-19(12-9-16)15-25-22-7-5-4-6-21(22)23(27)26(24(25)28)20-13-10-17(2)18(3)14-20/h4-14H,15H2,1-3H3. The molecule has 0 fully saturated rings. The van der Waals surface area contributed by atoms with Crippen LogP contribution in [-0.2, 0) is 6.54 Å². The van der Waals surface area contributed by atoms with Gasteiger partial charge in [-0.2, -0.15) is 0 Å². The van der Waals surface area contributed by atoms with E-state index < -0.39 is 0 Å². The summed E-state index contributed by atoms with van der Waals surface area (Å²) in [6.07, 6.45) is 0. The van der Waals surface area contributed by atoms with Gasteiger partial charge in [-0.05, 0) is 61.7 Å². The maximum atomic E-state index is 13.4. The van der Waals surface area contributed by atoms with E-state index in [1.807, 2.05) is 81.4 Å². The molecule has 0 aliphatic rings. The molecule has 4 nitrogen and oxygen atoms in total. The smallest absolute Gasteiger partial charge is 0.288 e. The summed E-state index contributed by atoms with van der Waals surface area (Å²) in [6, 6.07) is 21.0. The van der Waals surface area contributed by atoms with Crippen molar-refractivity contribution in [2.75, 3.05) is 0 Å². The zero-order valence-corrected chi connectivity index (χ0v) is 16.3. The Kier molecular flexibility index (Phi) is 4.47. The molecule has 0 unspecified atom stereocenters. The lowest BCUT2D eigenvalue weighted by molar-refractivity contribution is 0.714. The van der Waals surface area contributed by atoms with E-state index in [-0.39, 0.29) is 11.2 Å². The zero-order valence-electron chi connectivity index (χ0n) is 16.3. The molecule has 0 spiro atoms. The van der Waals surface area contributed by atoms with E-state index in [0.29, 0.717) is 23.1 Å². The normalized spacial score (nSPS) is 11.1. The van der Waals surface area contributed by atoms with Crippen molar-refractivity contribution in [3.05, 3.63) is 110 Å². The summed E-state index contributed by atoms with van der Waals surface area (Å²) in [4.78, 5) is 26.5. The molecule has 0 N–H and O–H groups in total. The highest BCUT2D eigenvalue weighted by Gasteiger charge is 2.15. The quantitative estimate of drug-likeness (QED) is 0.544. The molecule has 1 heterocycles. The molecule has 4 rings (SSSR count). The summed E-state index contributed by atoms with van der Waals surface area (Å²) in [5.41, 5.74) is 4.99. The summed E-state index contributed by atoms with van der Waals surface area (Å²) < 4.78 is 2.96. The number of rotatable bonds is 3. The fourth-order valence-electron chi connectivity index (χ4n) is 3.44. The number of hydrogen-bond donors (Lipinski definition) is 0. The van der Waals surface area contributed by atoms with Crippen LogP contribution in [0.15, 0.2) is 76.3 Å². The molecule has 28 heavy (non-hydrogen) atoms. The molecular formula is C24H22N2O2. The van der Waals surface area contributed by atoms with Gasteiger partial charge in [0, 0.05) is 0 Å². The van der Waals surface area contributed by atoms with Crippen LogP contribution in [0.25, 0.3) is 16.6 Å². The largest absolute Gasteiger partial charge is 0.336 e. The van der Waals surface area contributed by atoms with Gasteiger partial charge in [0.1, 0.15) is 0 Å². The van der Waals surface area contributed by atoms with E-state index in [0.717, 1.165) is 16.7 Å². The maximum absolute atomic E-state index is 13.4. The Morgan fingerprint density at radius 2 is 1.50 bits per heavy atom. The number of hydrogen-bond acceptors (Lipinski definition) is 2. The number of nitrogens with zero attached hydrogens (tertiary/aromatic N) is 2. The Labute approximate surface area is 163 Å². The molecule has 0 saturated carbocycles. The van der Waals surface area contributed by atoms with Gasteiger partial charge in [0.2, 0.25) is 0 Å². The number of aryl methyl sites for hydroxylation is 3. The van der Waals surface area contributed by atoms with E-state index in [1.165, 1.54) is 10.1 Å². The third kappa shape index (κ3) is 3.07. The first-order valence-electron chi connectivity index (χ1n) is 9.33. The number of aromatic nitrogens is 2. The van der Waals surface area contributed by atoms with Gasteiger partial charge in [0.25, 0.3) is 5.56 Å². The monoisotopic (exact) mass is 370 g/mol. The van der Waals surface area contributed by atoms with E-state index in [4.69, 9.17) is 0 Å². The van der Waals surface area contributed by atoms with Crippen LogP contribution < -0.4 is 11.2 Å². The van der Waals surface area contributed by atoms with E-state index >= 15 is 0 Å². The molecule has 4 heteroatoms. The molecule has 0 aliphatic carbocycles. The summed E-state index contributed by atoms with van der Waals surface area (Å²) in [5.74, 6) is 0. The van der Waals surface area contributed by atoms with Crippen LogP contribution in [0.3, 0.4) is 0 Å². The van der Waals surface area contributed by atoms with Crippen molar-refractivity contribution >= 4 is 10.9 Å². The summed E-state index contributed by atoms with van der Waals surface area (Å²) >= 11 is 0. The Balaban J connectivity index is 2.01. The molecule has 0 aliphatic heterocycles. The Morgan fingerprint density at radius 3 is 2.21 bits per heavy atom. The second-order valence-corrected chi connectivity index (χ2v) is 7.28. The van der Waals surface area contributed by atoms with Crippen LogP contribution in [0.4, 0.5) is 0 Å². The maximum Gasteiger partial charge on any atom is 0.336 e. The predicted molar refractivity (Wildman–Crippen MR) is 114 cm³/mol. The fraction of sp³-hybridized carbons (Fsp3) is 0.167. The number of benzene rings is 3. The molecule has 0 saturated heterocycles. The Hall–Kier alpha value is -3.40. The Bertz CT molecular complexity index is 1300. The molecule has 0 atom stereocenters. The molecular weight excluding hydrogens is 348 g/mol. The lowest BCUT2D eigenvalue weighted by atomic mass is 10.1. The van der Waals surface area contributed by atoms with Crippen LogP contribution in [0.5, 0.6) is 0 Å². The number of fused-ring (bicyclic) bond motifs is 1. The van der Waals surface area contributed by atoms with Gasteiger partial charge in [0.15, 0.2) is 0 Å². The van der Waals surface area contributed by atoms with Gasteiger partial charge in [-0.15, -0.1) is 0 Å². The molecule has 4 aromatic rings. The highest BCUT2D eigenvalue weighted by molar-refractivity contribution is 5.78. The molecule has 0 radical (unpaired) electrons. The fourth-order valence-corrected chi connectivity index (χ4v) is 3.44. The van der Waals surface area contributed by atoms with Crippen LogP contribution in [0, 0.1) is 20.8 Å². The van der Waals surface area contributed by atoms with Crippen molar-refractivity contribution in [3.8, 4) is 5.69 Å². The van der Waals surface area contributed by atoms with Gasteiger partial charge < -0.3 is 0 Å². The average Bonchev–Trinajstić information content (AvgIpc) is 2.69. The third-order valence-electron chi connectivity index (χ3n) is 5.26. The predicted octanol–water partition coefficient (Wildman–Crippen LogP) is 4.13. The average molecular weight is 370 g/mol. The lowest BCUT2D eigenvalue weighted by Gasteiger charge is -2.15. The van der Waals surface area contributed by atoms with Gasteiger partial charge in [-0.25, -0.2) is 9.36 Å². The van der Waals surface area contributed by atoms with Crippen LogP contribution in [0.1, 0.15) is 22.3 Å². The second kappa shape index (κ2) is 6.97. The van der Waals surface area contributed by atoms with Crippen molar-refractivity contribution in [2.45, 2.75) is 27.3 Å². The van der Waals surface area contributed by atoms with Crippen molar-refractivity contribution < 1.29 is 0 Å². The Morgan fingerprint density at radius 1 is 0.786 bits per heavy atom. The minimum atomic E-state index is -0.326. The number of para-hydroxylation sites is 1. The SMILES string of the molecule is Cc1ccc(Cn2c(=O)n(-c3ccc(C)c(C)c3)c(=O)c3ccccc32)cc1. The minimum absolute atomic E-state index is 0.288. The molecule has 0 amide bonds. The molecule has 1 aromatic heterocycles. The summed E-state index contributed by atoms with van der Waals surface area (Å²) in [6.45, 7) is 6.43. The van der Waals surface area contributed by atoms with E-state index in [2.05, 4.69) is 0 Å². The third-order valence-corrected chi connectivity index (χ3v) is 5.26. The van der Waals surface area contributed by atoms with Crippen molar-refractivity contribution in [1.29, 1.82) is 0 Å². The van der Waals surface area contributed by atoms with Crippen LogP contribution in [-0.4, -0.2) is 9.13 Å². The minimum Gasteiger partial charge on any atom is -0.288 e. The highest BCUT2D eigenvalue weighted by Crippen LogP contribution is 2.15. The highest BCUT2D eigenvalue weighted by atomic mass is 16.2. The van der Waals surface area contributed by atoms with Gasteiger partial charge in [0.05, 0.1) is 23.1 Å². The molecule has 3 aromatic carbocycles. The topological polar surface area (TPSA) is 44.0 Å². The lowest BCUT2D eigenvalue weighted by Crippen LogP contribution is -2.39. The van der Waals surface area contributed by atoms with E-state index in [1.54, 1.807) is 10.6 Å². The molecule has 0 bridgehead atoms. The summed E-state index contributed by atoms with van der Waals surface area (Å²) in [5, 5.41) is 0.535. The summed E-state index contributed by atoms with van der Waals surface area (Å²) in [7, 11) is 0. The van der Waals surface area contributed by atoms with Crippen molar-refractivity contribution in [2.24, 2.45) is 0 Å². The first-order chi connectivity index (χ1) is 13.5.